The molecule has 0 unspecified atom stereocenters. The Labute approximate surface area is 80.7 Å². The van der Waals surface area contributed by atoms with Crippen molar-refractivity contribution >= 4 is 17.3 Å². The summed E-state index contributed by atoms with van der Waals surface area (Å²) in [7, 11) is 1.50. The highest BCUT2D eigenvalue weighted by Crippen LogP contribution is 2.38. The molecule has 0 aromatic heterocycles. The second kappa shape index (κ2) is 3.07. The molecule has 70 valence electrons. The van der Waals surface area contributed by atoms with Gasteiger partial charge >= 0.3 is 0 Å². The molecule has 0 radical (unpaired) electrons. The third-order valence-corrected chi connectivity index (χ3v) is 2.53. The van der Waals surface area contributed by atoms with Crippen LogP contribution in [0.4, 0.5) is 10.1 Å². The first-order valence-corrected chi connectivity index (χ1v) is 4.40. The van der Waals surface area contributed by atoms with Crippen molar-refractivity contribution in [2.45, 2.75) is 6.42 Å². The highest BCUT2D eigenvalue weighted by molar-refractivity contribution is 6.32. The van der Waals surface area contributed by atoms with Crippen LogP contribution in [0.25, 0.3) is 0 Å². The van der Waals surface area contributed by atoms with E-state index in [2.05, 4.69) is 5.32 Å². The van der Waals surface area contributed by atoms with Crippen LogP contribution in [0.5, 0.6) is 5.75 Å². The average molecular weight is 202 g/mol. The SMILES string of the molecule is COc1c(Cl)c(F)cc2c1CCN2. The van der Waals surface area contributed by atoms with Crippen molar-refractivity contribution in [2.24, 2.45) is 0 Å². The van der Waals surface area contributed by atoms with Crippen LogP contribution in [0.3, 0.4) is 0 Å². The Morgan fingerprint density at radius 1 is 1.62 bits per heavy atom. The molecule has 0 atom stereocenters. The summed E-state index contributed by atoms with van der Waals surface area (Å²) in [5.41, 5.74) is 1.76. The van der Waals surface area contributed by atoms with E-state index in [1.165, 1.54) is 13.2 Å². The number of ether oxygens (including phenoxy) is 1. The molecular formula is C9H9ClFNO. The van der Waals surface area contributed by atoms with Gasteiger partial charge in [0.05, 0.1) is 7.11 Å². The first kappa shape index (κ1) is 8.63. The minimum absolute atomic E-state index is 0.0740. The zero-order valence-corrected chi connectivity index (χ0v) is 7.91. The number of halogens is 2. The molecule has 1 aromatic rings. The molecule has 0 spiro atoms. The van der Waals surface area contributed by atoms with Gasteiger partial charge in [0.15, 0.2) is 0 Å². The van der Waals surface area contributed by atoms with E-state index in [4.69, 9.17) is 16.3 Å². The van der Waals surface area contributed by atoms with Crippen molar-refractivity contribution in [1.29, 1.82) is 0 Å². The van der Waals surface area contributed by atoms with Crippen molar-refractivity contribution < 1.29 is 9.13 Å². The molecule has 13 heavy (non-hydrogen) atoms. The van der Waals surface area contributed by atoms with Gasteiger partial charge in [0, 0.05) is 17.8 Å². The highest BCUT2D eigenvalue weighted by atomic mass is 35.5. The van der Waals surface area contributed by atoms with Gasteiger partial charge in [-0.1, -0.05) is 11.6 Å². The molecule has 0 bridgehead atoms. The van der Waals surface area contributed by atoms with Crippen molar-refractivity contribution in [3.63, 3.8) is 0 Å². The van der Waals surface area contributed by atoms with Gasteiger partial charge in [-0.2, -0.15) is 0 Å². The summed E-state index contributed by atoms with van der Waals surface area (Å²) in [6, 6.07) is 1.41. The van der Waals surface area contributed by atoms with Gasteiger partial charge in [0.2, 0.25) is 0 Å². The zero-order chi connectivity index (χ0) is 9.42. The summed E-state index contributed by atoms with van der Waals surface area (Å²) in [5.74, 6) is 0.0216. The fourth-order valence-electron chi connectivity index (χ4n) is 1.58. The van der Waals surface area contributed by atoms with E-state index >= 15 is 0 Å². The lowest BCUT2D eigenvalue weighted by Crippen LogP contribution is -1.93. The van der Waals surface area contributed by atoms with E-state index in [-0.39, 0.29) is 5.02 Å². The molecule has 4 heteroatoms. The number of hydrogen-bond acceptors (Lipinski definition) is 2. The van der Waals surface area contributed by atoms with E-state index in [1.54, 1.807) is 0 Å². The van der Waals surface area contributed by atoms with Gasteiger partial charge in [-0.15, -0.1) is 0 Å². The van der Waals surface area contributed by atoms with Gasteiger partial charge in [0.1, 0.15) is 16.6 Å². The van der Waals surface area contributed by atoms with Crippen molar-refractivity contribution in [3.05, 3.63) is 22.5 Å². The number of methoxy groups -OCH3 is 1. The summed E-state index contributed by atoms with van der Waals surface area (Å²) in [6.45, 7) is 0.811. The maximum Gasteiger partial charge on any atom is 0.147 e. The molecule has 0 fully saturated rings. The molecule has 0 saturated carbocycles. The minimum Gasteiger partial charge on any atom is -0.495 e. The Balaban J connectivity index is 2.64. The molecule has 1 aromatic carbocycles. The number of fused-ring (bicyclic) bond motifs is 1. The number of hydrogen-bond donors (Lipinski definition) is 1. The molecule has 2 nitrogen and oxygen atoms in total. The Bertz CT molecular complexity index is 354. The molecule has 0 saturated heterocycles. The second-order valence-electron chi connectivity index (χ2n) is 2.91. The van der Waals surface area contributed by atoms with E-state index in [9.17, 15) is 4.39 Å². The Hall–Kier alpha value is -0.960. The van der Waals surface area contributed by atoms with Crippen LogP contribution in [0.1, 0.15) is 5.56 Å². The smallest absolute Gasteiger partial charge is 0.147 e. The van der Waals surface area contributed by atoms with Gasteiger partial charge < -0.3 is 10.1 Å². The number of nitrogens with one attached hydrogen (secondary N) is 1. The zero-order valence-electron chi connectivity index (χ0n) is 7.16. The Morgan fingerprint density at radius 2 is 2.38 bits per heavy atom. The van der Waals surface area contributed by atoms with Crippen LogP contribution in [0.2, 0.25) is 5.02 Å². The summed E-state index contributed by atoms with van der Waals surface area (Å²) >= 11 is 5.75. The van der Waals surface area contributed by atoms with Crippen LogP contribution in [-0.2, 0) is 6.42 Å². The molecule has 1 N–H and O–H groups in total. The summed E-state index contributed by atoms with van der Waals surface area (Å²) in [4.78, 5) is 0. The summed E-state index contributed by atoms with van der Waals surface area (Å²) < 4.78 is 18.2. The predicted molar refractivity (Wildman–Crippen MR) is 50.2 cm³/mol. The number of anilines is 1. The second-order valence-corrected chi connectivity index (χ2v) is 3.29. The quantitative estimate of drug-likeness (QED) is 0.754. The molecule has 0 aliphatic carbocycles. The summed E-state index contributed by atoms with van der Waals surface area (Å²) in [6.07, 6.45) is 0.832. The van der Waals surface area contributed by atoms with E-state index in [0.717, 1.165) is 24.2 Å². The standard InChI is InChI=1S/C9H9ClFNO/c1-13-9-5-2-3-12-7(5)4-6(11)8(9)10/h4,12H,2-3H2,1H3. The van der Waals surface area contributed by atoms with Gasteiger partial charge in [-0.3, -0.25) is 0 Å². The topological polar surface area (TPSA) is 21.3 Å². The maximum atomic E-state index is 13.2. The van der Waals surface area contributed by atoms with E-state index < -0.39 is 5.82 Å². The fraction of sp³-hybridized carbons (Fsp3) is 0.333. The van der Waals surface area contributed by atoms with Crippen molar-refractivity contribution in [2.75, 3.05) is 19.0 Å². The molecule has 1 heterocycles. The fourth-order valence-corrected chi connectivity index (χ4v) is 1.83. The van der Waals surface area contributed by atoms with Gasteiger partial charge in [0.25, 0.3) is 0 Å². The highest BCUT2D eigenvalue weighted by Gasteiger charge is 2.20. The maximum absolute atomic E-state index is 13.2. The number of benzene rings is 1. The molecule has 0 amide bonds. The predicted octanol–water partition coefficient (Wildman–Crippen LogP) is 2.46. The van der Waals surface area contributed by atoms with Crippen molar-refractivity contribution in [1.82, 2.24) is 0 Å². The van der Waals surface area contributed by atoms with Crippen molar-refractivity contribution in [3.8, 4) is 5.75 Å². The minimum atomic E-state index is -0.438. The largest absolute Gasteiger partial charge is 0.495 e. The van der Waals surface area contributed by atoms with Crippen LogP contribution in [0.15, 0.2) is 6.07 Å². The first-order chi connectivity index (χ1) is 6.24. The van der Waals surface area contributed by atoms with Crippen LogP contribution in [0, 0.1) is 5.82 Å². The van der Waals surface area contributed by atoms with Gasteiger partial charge in [-0.05, 0) is 12.5 Å². The monoisotopic (exact) mass is 201 g/mol. The van der Waals surface area contributed by atoms with Crippen LogP contribution in [-0.4, -0.2) is 13.7 Å². The lowest BCUT2D eigenvalue weighted by molar-refractivity contribution is 0.408. The van der Waals surface area contributed by atoms with Crippen LogP contribution >= 0.6 is 11.6 Å². The number of rotatable bonds is 1. The molecule has 1 aliphatic rings. The van der Waals surface area contributed by atoms with Crippen LogP contribution < -0.4 is 10.1 Å². The van der Waals surface area contributed by atoms with E-state index in [0.29, 0.717) is 5.75 Å². The molecule has 2 rings (SSSR count). The Morgan fingerprint density at radius 3 is 3.08 bits per heavy atom. The lowest BCUT2D eigenvalue weighted by atomic mass is 10.1. The van der Waals surface area contributed by atoms with E-state index in [1.807, 2.05) is 0 Å². The third kappa shape index (κ3) is 1.23. The average Bonchev–Trinajstić information content (AvgIpc) is 2.54. The van der Waals surface area contributed by atoms with Gasteiger partial charge in [-0.25, -0.2) is 4.39 Å². The Kier molecular flexibility index (Phi) is 2.04. The summed E-state index contributed by atoms with van der Waals surface area (Å²) in [5, 5.41) is 3.14. The normalized spacial score (nSPS) is 13.8. The first-order valence-electron chi connectivity index (χ1n) is 4.02. The molecule has 1 aliphatic heterocycles. The third-order valence-electron chi connectivity index (χ3n) is 2.17. The lowest BCUT2D eigenvalue weighted by Gasteiger charge is -2.09. The molecular weight excluding hydrogens is 193 g/mol.